The minimum Gasteiger partial charge on any atom is -0.469 e. The molecule has 4 aromatic rings. The first-order valence-corrected chi connectivity index (χ1v) is 14.0. The first kappa shape index (κ1) is 27.2. The summed E-state index contributed by atoms with van der Waals surface area (Å²) in [6.45, 7) is 3.86. The average Bonchev–Trinajstić information content (AvgIpc) is 3.02. The van der Waals surface area contributed by atoms with E-state index >= 15 is 0 Å². The molecule has 1 amide bonds. The van der Waals surface area contributed by atoms with Crippen molar-refractivity contribution in [3.8, 4) is 11.1 Å². The predicted molar refractivity (Wildman–Crippen MR) is 162 cm³/mol. The number of amides is 1. The van der Waals surface area contributed by atoms with E-state index in [-0.39, 0.29) is 23.7 Å². The minimum absolute atomic E-state index is 0.126. The number of esters is 1. The van der Waals surface area contributed by atoms with Gasteiger partial charge in [0.05, 0.1) is 13.0 Å². The van der Waals surface area contributed by atoms with Crippen molar-refractivity contribution >= 4 is 23.3 Å². The zero-order chi connectivity index (χ0) is 27.9. The minimum atomic E-state index is -0.238. The SMILES string of the molecule is CCc1ccc(-c2ccccc2C(=O)Nc2ccc(N3CCC(C(C(=O)OC)c4ccccc4)CC3)cc2)cc1. The van der Waals surface area contributed by atoms with Crippen LogP contribution in [0.3, 0.4) is 0 Å². The van der Waals surface area contributed by atoms with Crippen molar-refractivity contribution < 1.29 is 14.3 Å². The van der Waals surface area contributed by atoms with E-state index in [1.54, 1.807) is 0 Å². The van der Waals surface area contributed by atoms with Crippen LogP contribution >= 0.6 is 0 Å². The van der Waals surface area contributed by atoms with Gasteiger partial charge in [-0.15, -0.1) is 0 Å². The van der Waals surface area contributed by atoms with Crippen molar-refractivity contribution in [1.82, 2.24) is 0 Å². The lowest BCUT2D eigenvalue weighted by atomic mass is 9.80. The number of carbonyl (C=O) groups is 2. The molecule has 0 saturated carbocycles. The molecule has 0 aromatic heterocycles. The summed E-state index contributed by atoms with van der Waals surface area (Å²) in [7, 11) is 1.47. The summed E-state index contributed by atoms with van der Waals surface area (Å²) < 4.78 is 5.16. The molecule has 5 rings (SSSR count). The maximum atomic E-state index is 13.3. The molecule has 1 heterocycles. The van der Waals surface area contributed by atoms with Crippen LogP contribution in [0.25, 0.3) is 11.1 Å². The van der Waals surface area contributed by atoms with Crippen LogP contribution in [0, 0.1) is 5.92 Å². The Kier molecular flexibility index (Phi) is 8.60. The first-order chi connectivity index (χ1) is 19.6. The molecule has 0 bridgehead atoms. The van der Waals surface area contributed by atoms with Crippen LogP contribution in [0.5, 0.6) is 0 Å². The van der Waals surface area contributed by atoms with Gasteiger partial charge in [0.1, 0.15) is 0 Å². The fourth-order valence-corrected chi connectivity index (χ4v) is 5.69. The Balaban J connectivity index is 1.23. The van der Waals surface area contributed by atoms with Gasteiger partial charge in [-0.3, -0.25) is 9.59 Å². The Hall–Kier alpha value is -4.38. The third kappa shape index (κ3) is 6.09. The summed E-state index contributed by atoms with van der Waals surface area (Å²) in [5.41, 5.74) is 6.77. The van der Waals surface area contributed by atoms with E-state index in [1.165, 1.54) is 12.7 Å². The number of nitrogens with one attached hydrogen (secondary N) is 1. The molecule has 40 heavy (non-hydrogen) atoms. The van der Waals surface area contributed by atoms with Crippen LogP contribution in [0.15, 0.2) is 103 Å². The molecule has 0 radical (unpaired) electrons. The van der Waals surface area contributed by atoms with Crippen molar-refractivity contribution in [3.63, 3.8) is 0 Å². The smallest absolute Gasteiger partial charge is 0.313 e. The molecule has 1 N–H and O–H groups in total. The Morgan fingerprint density at radius 1 is 0.850 bits per heavy atom. The maximum Gasteiger partial charge on any atom is 0.313 e. The molecular weight excluding hydrogens is 496 g/mol. The monoisotopic (exact) mass is 532 g/mol. The van der Waals surface area contributed by atoms with Crippen molar-refractivity contribution in [2.24, 2.45) is 5.92 Å². The van der Waals surface area contributed by atoms with Crippen LogP contribution in [-0.2, 0) is 16.0 Å². The zero-order valence-electron chi connectivity index (χ0n) is 23.2. The molecule has 0 aliphatic carbocycles. The average molecular weight is 533 g/mol. The molecule has 1 atom stereocenters. The van der Waals surface area contributed by atoms with E-state index in [1.807, 2.05) is 66.7 Å². The summed E-state index contributed by atoms with van der Waals surface area (Å²) in [5, 5.41) is 3.07. The number of rotatable bonds is 8. The van der Waals surface area contributed by atoms with E-state index in [0.717, 1.165) is 60.4 Å². The molecule has 204 valence electrons. The van der Waals surface area contributed by atoms with E-state index < -0.39 is 0 Å². The number of aryl methyl sites for hydroxylation is 1. The molecule has 1 saturated heterocycles. The van der Waals surface area contributed by atoms with Gasteiger partial charge >= 0.3 is 5.97 Å². The zero-order valence-corrected chi connectivity index (χ0v) is 23.2. The molecular formula is C35H36N2O3. The van der Waals surface area contributed by atoms with Crippen LogP contribution in [0.1, 0.15) is 47.2 Å². The molecule has 4 aromatic carbocycles. The van der Waals surface area contributed by atoms with Crippen molar-refractivity contribution in [1.29, 1.82) is 0 Å². The third-order valence-electron chi connectivity index (χ3n) is 7.96. The van der Waals surface area contributed by atoms with Crippen molar-refractivity contribution in [3.05, 3.63) is 120 Å². The quantitative estimate of drug-likeness (QED) is 0.241. The van der Waals surface area contributed by atoms with E-state index in [0.29, 0.717) is 5.56 Å². The number of anilines is 2. The number of ether oxygens (including phenoxy) is 1. The highest BCUT2D eigenvalue weighted by atomic mass is 16.5. The van der Waals surface area contributed by atoms with Gasteiger partial charge in [-0.05, 0) is 77.8 Å². The highest BCUT2D eigenvalue weighted by molar-refractivity contribution is 6.08. The van der Waals surface area contributed by atoms with Gasteiger partial charge in [0.2, 0.25) is 0 Å². The summed E-state index contributed by atoms with van der Waals surface area (Å²) in [6, 6.07) is 34.1. The Morgan fingerprint density at radius 3 is 2.15 bits per heavy atom. The normalized spacial score (nSPS) is 14.4. The number of hydrogen-bond acceptors (Lipinski definition) is 4. The highest BCUT2D eigenvalue weighted by Gasteiger charge is 2.33. The Labute approximate surface area is 236 Å². The standard InChI is InChI=1S/C35H36N2O3/c1-3-25-13-15-26(16-14-25)31-11-7-8-12-32(31)34(38)36-29-17-19-30(20-18-29)37-23-21-28(22-24-37)33(35(39)40-2)27-9-5-4-6-10-27/h4-20,28,33H,3,21-24H2,1-2H3,(H,36,38). The molecule has 5 heteroatoms. The molecule has 1 fully saturated rings. The number of piperidine rings is 1. The largest absolute Gasteiger partial charge is 0.469 e. The van der Waals surface area contributed by atoms with Gasteiger partial charge < -0.3 is 15.0 Å². The van der Waals surface area contributed by atoms with Gasteiger partial charge in [-0.25, -0.2) is 0 Å². The van der Waals surface area contributed by atoms with Crippen molar-refractivity contribution in [2.75, 3.05) is 30.4 Å². The molecule has 0 spiro atoms. The number of carbonyl (C=O) groups excluding carboxylic acids is 2. The first-order valence-electron chi connectivity index (χ1n) is 14.0. The summed E-state index contributed by atoms with van der Waals surface area (Å²) in [6.07, 6.45) is 2.80. The van der Waals surface area contributed by atoms with Crippen LogP contribution < -0.4 is 10.2 Å². The number of benzene rings is 4. The lowest BCUT2D eigenvalue weighted by molar-refractivity contribution is -0.144. The summed E-state index contributed by atoms with van der Waals surface area (Å²) in [5.74, 6) is -0.288. The molecule has 1 aliphatic heterocycles. The molecule has 5 nitrogen and oxygen atoms in total. The Morgan fingerprint density at radius 2 is 1.50 bits per heavy atom. The van der Waals surface area contributed by atoms with Crippen LogP contribution in [0.2, 0.25) is 0 Å². The second kappa shape index (κ2) is 12.6. The van der Waals surface area contributed by atoms with E-state index in [2.05, 4.69) is 53.5 Å². The maximum absolute atomic E-state index is 13.3. The molecule has 1 unspecified atom stereocenters. The third-order valence-corrected chi connectivity index (χ3v) is 7.96. The van der Waals surface area contributed by atoms with Gasteiger partial charge in [0.15, 0.2) is 0 Å². The van der Waals surface area contributed by atoms with Gasteiger partial charge in [-0.2, -0.15) is 0 Å². The topological polar surface area (TPSA) is 58.6 Å². The van der Waals surface area contributed by atoms with Crippen LogP contribution in [-0.4, -0.2) is 32.1 Å². The predicted octanol–water partition coefficient (Wildman–Crippen LogP) is 7.34. The second-order valence-corrected chi connectivity index (χ2v) is 10.3. The lowest BCUT2D eigenvalue weighted by Crippen LogP contribution is -2.37. The van der Waals surface area contributed by atoms with Crippen molar-refractivity contribution in [2.45, 2.75) is 32.1 Å². The van der Waals surface area contributed by atoms with E-state index in [4.69, 9.17) is 4.74 Å². The number of methoxy groups -OCH3 is 1. The lowest BCUT2D eigenvalue weighted by Gasteiger charge is -2.36. The van der Waals surface area contributed by atoms with Gasteiger partial charge in [-0.1, -0.05) is 79.7 Å². The fraction of sp³-hybridized carbons (Fsp3) is 0.257. The summed E-state index contributed by atoms with van der Waals surface area (Å²) in [4.78, 5) is 28.2. The highest BCUT2D eigenvalue weighted by Crippen LogP contribution is 2.35. The number of hydrogen-bond donors (Lipinski definition) is 1. The number of nitrogens with zero attached hydrogens (tertiary/aromatic N) is 1. The fourth-order valence-electron chi connectivity index (χ4n) is 5.69. The van der Waals surface area contributed by atoms with Gasteiger partial charge in [0, 0.05) is 30.0 Å². The Bertz CT molecular complexity index is 1420. The van der Waals surface area contributed by atoms with Gasteiger partial charge in [0.25, 0.3) is 5.91 Å². The molecule has 1 aliphatic rings. The second-order valence-electron chi connectivity index (χ2n) is 10.3. The summed E-state index contributed by atoms with van der Waals surface area (Å²) >= 11 is 0. The van der Waals surface area contributed by atoms with E-state index in [9.17, 15) is 9.59 Å². The van der Waals surface area contributed by atoms with Crippen LogP contribution in [0.4, 0.5) is 11.4 Å².